The molecule has 2 aromatic heterocycles. The fourth-order valence-corrected chi connectivity index (χ4v) is 5.17. The molecule has 2 aliphatic rings. The number of halogens is 2. The van der Waals surface area contributed by atoms with Crippen LogP contribution >= 0.6 is 11.6 Å². The Morgan fingerprint density at radius 2 is 2.05 bits per heavy atom. The molecule has 2 aliphatic heterocycles. The highest BCUT2D eigenvalue weighted by atomic mass is 35.5. The first-order chi connectivity index (χ1) is 18.4. The van der Waals surface area contributed by atoms with Crippen LogP contribution in [0.1, 0.15) is 39.4 Å². The van der Waals surface area contributed by atoms with E-state index < -0.39 is 5.97 Å². The van der Waals surface area contributed by atoms with E-state index in [0.29, 0.717) is 42.6 Å². The standard InChI is InChI=1S/C28H27ClFN5O3/c29-20-4-1-19(22(30)12-20)13-31-26-6-3-17-7-9-34(15-24(17)32-26)16-27-33-23-5-2-18(28(36)37)11-25(23)35(27)14-21-8-10-38-21/h1-6,11-12,21H,7-10,13-16H2,(H,31,32)(H,36,37)/t21-/m0/s1. The number of anilines is 1. The number of carbonyl (C=O) groups is 1. The highest BCUT2D eigenvalue weighted by Crippen LogP contribution is 2.26. The molecule has 0 radical (unpaired) electrons. The van der Waals surface area contributed by atoms with E-state index in [2.05, 4.69) is 20.9 Å². The van der Waals surface area contributed by atoms with Gasteiger partial charge >= 0.3 is 5.97 Å². The SMILES string of the molecule is O=C(O)c1ccc2nc(CN3CCc4ccc(NCc5ccc(Cl)cc5F)nc4C3)n(C[C@@H]3CCO3)c2c1. The molecule has 0 bridgehead atoms. The van der Waals surface area contributed by atoms with Crippen molar-refractivity contribution in [2.24, 2.45) is 0 Å². The average Bonchev–Trinajstić information content (AvgIpc) is 3.21. The molecule has 38 heavy (non-hydrogen) atoms. The Morgan fingerprint density at radius 1 is 1.18 bits per heavy atom. The molecule has 2 N–H and O–H groups in total. The fourth-order valence-electron chi connectivity index (χ4n) is 5.01. The molecule has 6 rings (SSSR count). The smallest absolute Gasteiger partial charge is 0.335 e. The summed E-state index contributed by atoms with van der Waals surface area (Å²) in [4.78, 5) is 23.6. The third kappa shape index (κ3) is 5.09. The lowest BCUT2D eigenvalue weighted by atomic mass is 10.0. The summed E-state index contributed by atoms with van der Waals surface area (Å²) in [5, 5.41) is 13.1. The van der Waals surface area contributed by atoms with Crippen molar-refractivity contribution in [1.29, 1.82) is 0 Å². The lowest BCUT2D eigenvalue weighted by Gasteiger charge is -2.30. The Morgan fingerprint density at radius 3 is 2.82 bits per heavy atom. The van der Waals surface area contributed by atoms with Crippen LogP contribution in [0.4, 0.5) is 10.2 Å². The lowest BCUT2D eigenvalue weighted by molar-refractivity contribution is -0.0592. The maximum atomic E-state index is 14.2. The zero-order valence-corrected chi connectivity index (χ0v) is 21.4. The van der Waals surface area contributed by atoms with Crippen molar-refractivity contribution < 1.29 is 19.0 Å². The summed E-state index contributed by atoms with van der Waals surface area (Å²) in [7, 11) is 0. The Hall–Kier alpha value is -3.53. The number of imidazole rings is 1. The number of benzene rings is 2. The molecule has 4 heterocycles. The molecule has 2 aromatic carbocycles. The van der Waals surface area contributed by atoms with Gasteiger partial charge in [0, 0.05) is 36.8 Å². The van der Waals surface area contributed by atoms with E-state index in [1.807, 2.05) is 6.07 Å². The third-order valence-electron chi connectivity index (χ3n) is 7.23. The number of ether oxygens (including phenoxy) is 1. The summed E-state index contributed by atoms with van der Waals surface area (Å²) in [5.41, 5.74) is 4.54. The molecule has 0 saturated carbocycles. The van der Waals surface area contributed by atoms with Crippen LogP contribution in [0.2, 0.25) is 5.02 Å². The Balaban J connectivity index is 1.20. The van der Waals surface area contributed by atoms with Crippen molar-refractivity contribution in [3.8, 4) is 0 Å². The summed E-state index contributed by atoms with van der Waals surface area (Å²) < 4.78 is 21.9. The lowest BCUT2D eigenvalue weighted by Crippen LogP contribution is -2.34. The second-order valence-corrected chi connectivity index (χ2v) is 10.2. The Kier molecular flexibility index (Phi) is 6.73. The normalized spacial score (nSPS) is 17.3. The molecule has 0 unspecified atom stereocenters. The van der Waals surface area contributed by atoms with E-state index in [4.69, 9.17) is 26.3 Å². The van der Waals surface area contributed by atoms with Crippen molar-refractivity contribution in [2.45, 2.75) is 45.1 Å². The van der Waals surface area contributed by atoms with Crippen molar-refractivity contribution in [2.75, 3.05) is 18.5 Å². The van der Waals surface area contributed by atoms with Crippen LogP contribution in [0.3, 0.4) is 0 Å². The Labute approximate surface area is 224 Å². The van der Waals surface area contributed by atoms with E-state index in [9.17, 15) is 14.3 Å². The number of rotatable bonds is 8. The number of hydrogen-bond acceptors (Lipinski definition) is 6. The number of nitrogens with one attached hydrogen (secondary N) is 1. The molecular formula is C28H27ClFN5O3. The summed E-state index contributed by atoms with van der Waals surface area (Å²) in [6, 6.07) is 13.7. The number of carboxylic acids is 1. The number of aromatic carboxylic acids is 1. The van der Waals surface area contributed by atoms with Crippen LogP contribution in [0.25, 0.3) is 11.0 Å². The van der Waals surface area contributed by atoms with E-state index in [1.165, 1.54) is 11.6 Å². The molecule has 196 valence electrons. The summed E-state index contributed by atoms with van der Waals surface area (Å²) in [5.74, 6) is 0.271. The number of nitrogens with zero attached hydrogens (tertiary/aromatic N) is 4. The van der Waals surface area contributed by atoms with E-state index >= 15 is 0 Å². The minimum absolute atomic E-state index is 0.113. The van der Waals surface area contributed by atoms with Gasteiger partial charge in [0.2, 0.25) is 0 Å². The van der Waals surface area contributed by atoms with E-state index in [0.717, 1.165) is 48.5 Å². The van der Waals surface area contributed by atoms with Crippen LogP contribution in [-0.4, -0.2) is 49.8 Å². The summed E-state index contributed by atoms with van der Waals surface area (Å²) in [6.45, 7) is 3.84. The number of hydrogen-bond donors (Lipinski definition) is 2. The van der Waals surface area contributed by atoms with Crippen LogP contribution in [0.15, 0.2) is 48.5 Å². The molecule has 4 aromatic rings. The Bertz CT molecular complexity index is 1520. The van der Waals surface area contributed by atoms with E-state index in [-0.39, 0.29) is 17.5 Å². The van der Waals surface area contributed by atoms with Gasteiger partial charge in [-0.3, -0.25) is 4.90 Å². The fraction of sp³-hybridized carbons (Fsp3) is 0.321. The average molecular weight is 536 g/mol. The van der Waals surface area contributed by atoms with Gasteiger partial charge in [0.1, 0.15) is 17.5 Å². The molecule has 0 spiro atoms. The predicted molar refractivity (Wildman–Crippen MR) is 142 cm³/mol. The van der Waals surface area contributed by atoms with Crippen molar-refractivity contribution >= 4 is 34.4 Å². The minimum Gasteiger partial charge on any atom is -0.478 e. The van der Waals surface area contributed by atoms with Gasteiger partial charge in [-0.25, -0.2) is 19.2 Å². The summed E-state index contributed by atoms with van der Waals surface area (Å²) >= 11 is 5.86. The molecule has 0 aliphatic carbocycles. The number of carboxylic acid groups (broad SMARTS) is 1. The first kappa shape index (κ1) is 24.8. The topological polar surface area (TPSA) is 92.5 Å². The quantitative estimate of drug-likeness (QED) is 0.332. The van der Waals surface area contributed by atoms with Crippen LogP contribution in [0, 0.1) is 5.82 Å². The van der Waals surface area contributed by atoms with E-state index in [1.54, 1.807) is 30.3 Å². The predicted octanol–water partition coefficient (Wildman–Crippen LogP) is 4.88. The van der Waals surface area contributed by atoms with Crippen LogP contribution in [0.5, 0.6) is 0 Å². The van der Waals surface area contributed by atoms with Crippen molar-refractivity contribution in [3.05, 3.63) is 87.6 Å². The van der Waals surface area contributed by atoms with Crippen molar-refractivity contribution in [3.63, 3.8) is 0 Å². The van der Waals surface area contributed by atoms with Gasteiger partial charge in [0.15, 0.2) is 0 Å². The van der Waals surface area contributed by atoms with Gasteiger partial charge in [0.05, 0.1) is 41.5 Å². The highest BCUT2D eigenvalue weighted by molar-refractivity contribution is 6.30. The van der Waals surface area contributed by atoms with Gasteiger partial charge in [-0.15, -0.1) is 0 Å². The first-order valence-corrected chi connectivity index (χ1v) is 13.0. The zero-order valence-electron chi connectivity index (χ0n) is 20.7. The maximum Gasteiger partial charge on any atom is 0.335 e. The summed E-state index contributed by atoms with van der Waals surface area (Å²) in [6.07, 6.45) is 1.96. The van der Waals surface area contributed by atoms with Gasteiger partial charge < -0.3 is 19.7 Å². The second-order valence-electron chi connectivity index (χ2n) is 9.78. The first-order valence-electron chi connectivity index (χ1n) is 12.7. The molecule has 1 fully saturated rings. The minimum atomic E-state index is -0.956. The maximum absolute atomic E-state index is 14.2. The zero-order chi connectivity index (χ0) is 26.2. The van der Waals surface area contributed by atoms with Gasteiger partial charge in [-0.2, -0.15) is 0 Å². The molecule has 1 saturated heterocycles. The molecule has 8 nitrogen and oxygen atoms in total. The third-order valence-corrected chi connectivity index (χ3v) is 7.47. The van der Waals surface area contributed by atoms with Crippen LogP contribution < -0.4 is 5.32 Å². The van der Waals surface area contributed by atoms with Crippen molar-refractivity contribution in [1.82, 2.24) is 19.4 Å². The monoisotopic (exact) mass is 535 g/mol. The second kappa shape index (κ2) is 10.3. The highest BCUT2D eigenvalue weighted by Gasteiger charge is 2.25. The molecular weight excluding hydrogens is 509 g/mol. The molecule has 0 amide bonds. The van der Waals surface area contributed by atoms with Gasteiger partial charge in [-0.1, -0.05) is 23.7 Å². The number of aromatic nitrogens is 3. The molecule has 1 atom stereocenters. The van der Waals surface area contributed by atoms with Crippen LogP contribution in [-0.2, 0) is 37.3 Å². The largest absolute Gasteiger partial charge is 0.478 e. The van der Waals surface area contributed by atoms with Gasteiger partial charge in [0.25, 0.3) is 0 Å². The molecule has 10 heteroatoms. The number of pyridine rings is 1. The van der Waals surface area contributed by atoms with Gasteiger partial charge in [-0.05, 0) is 54.8 Å². The number of fused-ring (bicyclic) bond motifs is 2.